The van der Waals surface area contributed by atoms with Gasteiger partial charge >= 0.3 is 6.09 Å². The molecule has 1 aromatic heterocycles. The lowest BCUT2D eigenvalue weighted by Gasteiger charge is -2.23. The molecule has 3 heterocycles. The predicted octanol–water partition coefficient (Wildman–Crippen LogP) is 2.19. The Bertz CT molecular complexity index is 1050. The number of pyridine rings is 1. The molecule has 2 N–H and O–H groups in total. The molecule has 9 nitrogen and oxygen atoms in total. The zero-order valence-corrected chi connectivity index (χ0v) is 18.1. The molecule has 4 rings (SSSR count). The van der Waals surface area contributed by atoms with E-state index in [1.807, 2.05) is 0 Å². The van der Waals surface area contributed by atoms with E-state index in [9.17, 15) is 23.5 Å². The molecule has 2 amide bonds. The summed E-state index contributed by atoms with van der Waals surface area (Å²) < 4.78 is 38.5. The van der Waals surface area contributed by atoms with Gasteiger partial charge in [-0.15, -0.1) is 0 Å². The van der Waals surface area contributed by atoms with Crippen LogP contribution in [-0.2, 0) is 14.3 Å². The molecule has 33 heavy (non-hydrogen) atoms. The summed E-state index contributed by atoms with van der Waals surface area (Å²) in [7, 11) is 1.33. The van der Waals surface area contributed by atoms with Crippen LogP contribution >= 0.6 is 0 Å². The van der Waals surface area contributed by atoms with Crippen LogP contribution in [0.1, 0.15) is 13.3 Å². The fraction of sp³-hybridized carbons (Fsp3) is 0.409. The van der Waals surface area contributed by atoms with Crippen LogP contribution in [0.25, 0.3) is 11.1 Å². The Morgan fingerprint density at radius 3 is 2.70 bits per heavy atom. The van der Waals surface area contributed by atoms with Crippen LogP contribution in [0.2, 0.25) is 0 Å². The van der Waals surface area contributed by atoms with Gasteiger partial charge in [0.05, 0.1) is 12.2 Å². The summed E-state index contributed by atoms with van der Waals surface area (Å²) in [6.45, 7) is 1.98. The number of carbonyl (C=O) groups is 2. The molecule has 0 saturated carbocycles. The van der Waals surface area contributed by atoms with Crippen LogP contribution < -0.4 is 15.1 Å². The molecule has 0 aliphatic carbocycles. The van der Waals surface area contributed by atoms with E-state index in [-0.39, 0.29) is 31.6 Å². The van der Waals surface area contributed by atoms with Gasteiger partial charge in [-0.05, 0) is 30.3 Å². The Morgan fingerprint density at radius 2 is 2.09 bits per heavy atom. The summed E-state index contributed by atoms with van der Waals surface area (Å²) >= 11 is 0. The topological polar surface area (TPSA) is 104 Å². The lowest BCUT2D eigenvalue weighted by Crippen LogP contribution is -2.47. The van der Waals surface area contributed by atoms with E-state index in [0.717, 1.165) is 0 Å². The van der Waals surface area contributed by atoms with Crippen LogP contribution in [-0.4, -0.2) is 67.0 Å². The number of cyclic esters (lactones) is 1. The molecule has 1 aromatic carbocycles. The molecule has 2 aliphatic heterocycles. The highest BCUT2D eigenvalue weighted by Crippen LogP contribution is 2.30. The molecule has 3 unspecified atom stereocenters. The first kappa shape index (κ1) is 23.0. The highest BCUT2D eigenvalue weighted by atomic mass is 19.1. The molecule has 2 fully saturated rings. The van der Waals surface area contributed by atoms with Crippen molar-refractivity contribution in [2.75, 3.05) is 36.5 Å². The van der Waals surface area contributed by atoms with Crippen LogP contribution in [0, 0.1) is 5.82 Å². The number of halogens is 2. The van der Waals surface area contributed by atoms with Gasteiger partial charge in [-0.3, -0.25) is 19.9 Å². The Kier molecular flexibility index (Phi) is 6.28. The van der Waals surface area contributed by atoms with Crippen molar-refractivity contribution in [1.29, 1.82) is 0 Å². The maximum Gasteiger partial charge on any atom is 0.414 e. The summed E-state index contributed by atoms with van der Waals surface area (Å²) in [6.07, 6.45) is -1.16. The minimum absolute atomic E-state index is 0.125. The van der Waals surface area contributed by atoms with Crippen molar-refractivity contribution in [1.82, 2.24) is 10.3 Å². The minimum Gasteiger partial charge on any atom is -0.443 e. The number of alkyl halides is 1. The monoisotopic (exact) mass is 462 g/mol. The van der Waals surface area contributed by atoms with Crippen molar-refractivity contribution in [3.8, 4) is 11.1 Å². The van der Waals surface area contributed by atoms with Gasteiger partial charge in [0, 0.05) is 50.9 Å². The number of aliphatic hydroxyl groups is 1. The van der Waals surface area contributed by atoms with E-state index in [2.05, 4.69) is 10.3 Å². The molecular formula is C22H24F2N4O5. The fourth-order valence-corrected chi connectivity index (χ4v) is 3.70. The van der Waals surface area contributed by atoms with Gasteiger partial charge in [0.1, 0.15) is 17.7 Å². The third-order valence-corrected chi connectivity index (χ3v) is 5.67. The first-order valence-electron chi connectivity index (χ1n) is 10.4. The van der Waals surface area contributed by atoms with Crippen molar-refractivity contribution < 1.29 is 33.0 Å². The number of anilines is 2. The zero-order chi connectivity index (χ0) is 23.8. The van der Waals surface area contributed by atoms with Crippen LogP contribution in [0.4, 0.5) is 25.1 Å². The number of amides is 2. The number of nitrogens with zero attached hydrogens (tertiary/aromatic N) is 3. The Hall–Kier alpha value is -3.15. The number of nitrogens with one attached hydrogen (secondary N) is 1. The van der Waals surface area contributed by atoms with Crippen molar-refractivity contribution in [2.45, 2.75) is 31.5 Å². The Balaban J connectivity index is 1.45. The largest absolute Gasteiger partial charge is 0.443 e. The van der Waals surface area contributed by atoms with E-state index >= 15 is 0 Å². The summed E-state index contributed by atoms with van der Waals surface area (Å²) in [5, 5.41) is 12.6. The van der Waals surface area contributed by atoms with Crippen molar-refractivity contribution >= 4 is 23.5 Å². The number of hydrogen-bond donors (Lipinski definition) is 2. The number of hydrogen-bond acceptors (Lipinski definition) is 7. The van der Waals surface area contributed by atoms with E-state index in [1.165, 1.54) is 42.2 Å². The lowest BCUT2D eigenvalue weighted by atomic mass is 10.1. The first-order valence-corrected chi connectivity index (χ1v) is 10.4. The number of benzene rings is 1. The minimum atomic E-state index is -1.56. The average molecular weight is 462 g/mol. The van der Waals surface area contributed by atoms with Crippen LogP contribution in [0.5, 0.6) is 0 Å². The smallest absolute Gasteiger partial charge is 0.414 e. The number of carbonyl (C=O) groups excluding carboxylic acids is 2. The summed E-state index contributed by atoms with van der Waals surface area (Å²) in [4.78, 5) is 30.8. The van der Waals surface area contributed by atoms with Gasteiger partial charge in [0.2, 0.25) is 5.91 Å². The maximum atomic E-state index is 14.9. The highest BCUT2D eigenvalue weighted by Gasteiger charge is 2.35. The van der Waals surface area contributed by atoms with Gasteiger partial charge in [-0.25, -0.2) is 18.6 Å². The molecule has 0 spiro atoms. The van der Waals surface area contributed by atoms with E-state index < -0.39 is 36.0 Å². The molecule has 176 valence electrons. The predicted molar refractivity (Wildman–Crippen MR) is 115 cm³/mol. The summed E-state index contributed by atoms with van der Waals surface area (Å²) in [5.41, 5.74) is 1.05. The third kappa shape index (κ3) is 4.80. The van der Waals surface area contributed by atoms with Gasteiger partial charge in [-0.2, -0.15) is 0 Å². The molecule has 3 atom stereocenters. The van der Waals surface area contributed by atoms with Crippen molar-refractivity contribution in [3.05, 3.63) is 42.3 Å². The second-order valence-electron chi connectivity index (χ2n) is 8.00. The molecular weight excluding hydrogens is 438 g/mol. The molecule has 0 bridgehead atoms. The average Bonchev–Trinajstić information content (AvgIpc) is 3.34. The van der Waals surface area contributed by atoms with E-state index in [4.69, 9.17) is 9.47 Å². The van der Waals surface area contributed by atoms with Gasteiger partial charge in [-0.1, -0.05) is 0 Å². The molecule has 0 radical (unpaired) electrons. The number of ether oxygens (including phenoxy) is 2. The molecule has 2 saturated heterocycles. The maximum absolute atomic E-state index is 14.9. The summed E-state index contributed by atoms with van der Waals surface area (Å²) in [6, 6.07) is 7.49. The molecule has 2 aliphatic rings. The molecule has 2 aromatic rings. The van der Waals surface area contributed by atoms with E-state index in [0.29, 0.717) is 17.1 Å². The normalized spacial score (nSPS) is 22.6. The number of rotatable bonds is 7. The van der Waals surface area contributed by atoms with Gasteiger partial charge in [0.25, 0.3) is 5.91 Å². The van der Waals surface area contributed by atoms with Gasteiger partial charge < -0.3 is 14.6 Å². The quantitative estimate of drug-likeness (QED) is 0.608. The zero-order valence-electron chi connectivity index (χ0n) is 18.1. The van der Waals surface area contributed by atoms with Gasteiger partial charge in [0.15, 0.2) is 6.17 Å². The van der Waals surface area contributed by atoms with E-state index in [1.54, 1.807) is 18.2 Å². The Labute approximate surface area is 188 Å². The highest BCUT2D eigenvalue weighted by molar-refractivity contribution is 5.98. The first-order chi connectivity index (χ1) is 15.7. The molecule has 11 heteroatoms. The standard InChI is InChI=1S/C22H24F2N4O5/c1-22(31,32-2)26-11-15-12-28(21(30)33-15)14-4-5-16(18(24)9-14)13-3-6-19(25-10-13)27-8-7-17(23)20(27)29/h3-6,9-10,15,17,26,31H,7-8,11-12H2,1-2H3. The summed E-state index contributed by atoms with van der Waals surface area (Å²) in [5.74, 6) is -2.44. The number of methoxy groups -OCH3 is 1. The SMILES string of the molecule is COC(C)(O)NCC1CN(c2ccc(-c3ccc(N4CCC(F)C4=O)nc3)c(F)c2)C(=O)O1. The fourth-order valence-electron chi connectivity index (χ4n) is 3.70. The second-order valence-corrected chi connectivity index (χ2v) is 8.00. The van der Waals surface area contributed by atoms with Crippen molar-refractivity contribution in [3.63, 3.8) is 0 Å². The van der Waals surface area contributed by atoms with Crippen molar-refractivity contribution in [2.24, 2.45) is 0 Å². The second kappa shape index (κ2) is 9.00. The Morgan fingerprint density at radius 1 is 1.30 bits per heavy atom. The lowest BCUT2D eigenvalue weighted by molar-refractivity contribution is -0.195. The number of aromatic nitrogens is 1. The third-order valence-electron chi connectivity index (χ3n) is 5.67. The van der Waals surface area contributed by atoms with Crippen LogP contribution in [0.3, 0.4) is 0 Å². The van der Waals surface area contributed by atoms with Crippen LogP contribution in [0.15, 0.2) is 36.5 Å².